The highest BCUT2D eigenvalue weighted by molar-refractivity contribution is 6.18. The van der Waals surface area contributed by atoms with Gasteiger partial charge in [0.05, 0.1) is 12.6 Å². The molecule has 0 aliphatic rings. The van der Waals surface area contributed by atoms with Gasteiger partial charge in [0.15, 0.2) is 0 Å². The summed E-state index contributed by atoms with van der Waals surface area (Å²) in [5, 5.41) is 4.52. The fourth-order valence-electron chi connectivity index (χ4n) is 2.33. The molecule has 120 valence electrons. The molecule has 0 saturated carbocycles. The van der Waals surface area contributed by atoms with Gasteiger partial charge in [-0.15, -0.1) is 23.2 Å². The van der Waals surface area contributed by atoms with Crippen LogP contribution in [0.2, 0.25) is 0 Å². The maximum Gasteiger partial charge on any atom is 0.119 e. The molecule has 0 radical (unpaired) electrons. The van der Waals surface area contributed by atoms with Gasteiger partial charge >= 0.3 is 0 Å². The average Bonchev–Trinajstić information content (AvgIpc) is 2.55. The van der Waals surface area contributed by atoms with Gasteiger partial charge in [-0.3, -0.25) is 9.88 Å². The Morgan fingerprint density at radius 3 is 2.59 bits per heavy atom. The van der Waals surface area contributed by atoms with Crippen molar-refractivity contribution in [2.24, 2.45) is 0 Å². The Labute approximate surface area is 141 Å². The molecule has 1 aromatic heterocycles. The standard InChI is InChI=1S/C16H21Cl2N3O/c1-22-13-2-3-15-14(12-13)16(4-7-19-15)20-8-11-21(9-5-17)10-6-18/h2-4,7,12H,5-6,8-11H2,1H3,(H,19,20). The Bertz CT molecular complexity index is 589. The number of nitrogens with zero attached hydrogens (tertiary/aromatic N) is 2. The summed E-state index contributed by atoms with van der Waals surface area (Å²) in [6, 6.07) is 7.86. The van der Waals surface area contributed by atoms with Crippen LogP contribution in [0, 0.1) is 0 Å². The zero-order valence-electron chi connectivity index (χ0n) is 12.7. The first-order valence-electron chi connectivity index (χ1n) is 7.29. The topological polar surface area (TPSA) is 37.4 Å². The number of benzene rings is 1. The second kappa shape index (κ2) is 9.03. The van der Waals surface area contributed by atoms with E-state index in [0.29, 0.717) is 11.8 Å². The minimum absolute atomic E-state index is 0.617. The number of anilines is 1. The summed E-state index contributed by atoms with van der Waals surface area (Å²) in [6.45, 7) is 3.42. The van der Waals surface area contributed by atoms with Crippen molar-refractivity contribution in [2.75, 3.05) is 50.4 Å². The molecule has 0 bridgehead atoms. The van der Waals surface area contributed by atoms with Gasteiger partial charge in [0.25, 0.3) is 0 Å². The lowest BCUT2D eigenvalue weighted by atomic mass is 10.2. The summed E-state index contributed by atoms with van der Waals surface area (Å²) in [7, 11) is 1.67. The van der Waals surface area contributed by atoms with Gasteiger partial charge < -0.3 is 10.1 Å². The molecule has 4 nitrogen and oxygen atoms in total. The fourth-order valence-corrected chi connectivity index (χ4v) is 2.81. The lowest BCUT2D eigenvalue weighted by Gasteiger charge is -2.20. The molecule has 0 amide bonds. The van der Waals surface area contributed by atoms with Gasteiger partial charge in [-0.25, -0.2) is 0 Å². The third-order valence-electron chi connectivity index (χ3n) is 3.49. The van der Waals surface area contributed by atoms with Crippen LogP contribution >= 0.6 is 23.2 Å². The van der Waals surface area contributed by atoms with Crippen molar-refractivity contribution in [3.63, 3.8) is 0 Å². The average molecular weight is 342 g/mol. The molecule has 0 atom stereocenters. The van der Waals surface area contributed by atoms with E-state index in [1.165, 1.54) is 0 Å². The predicted octanol–water partition coefficient (Wildman–Crippen LogP) is 3.43. The van der Waals surface area contributed by atoms with Crippen molar-refractivity contribution in [3.05, 3.63) is 30.5 Å². The molecule has 1 N–H and O–H groups in total. The summed E-state index contributed by atoms with van der Waals surface area (Å²) in [5.41, 5.74) is 2.00. The summed E-state index contributed by atoms with van der Waals surface area (Å²) in [4.78, 5) is 6.63. The Kier molecular flexibility index (Phi) is 7.03. The zero-order valence-corrected chi connectivity index (χ0v) is 14.2. The molecule has 0 saturated heterocycles. The number of pyridine rings is 1. The van der Waals surface area contributed by atoms with Crippen molar-refractivity contribution in [1.82, 2.24) is 9.88 Å². The second-order valence-electron chi connectivity index (χ2n) is 4.89. The number of hydrogen-bond donors (Lipinski definition) is 1. The molecular weight excluding hydrogens is 321 g/mol. The van der Waals surface area contributed by atoms with E-state index in [-0.39, 0.29) is 0 Å². The van der Waals surface area contributed by atoms with Crippen molar-refractivity contribution in [3.8, 4) is 5.75 Å². The molecule has 0 fully saturated rings. The van der Waals surface area contributed by atoms with Crippen molar-refractivity contribution in [1.29, 1.82) is 0 Å². The number of hydrogen-bond acceptors (Lipinski definition) is 4. The van der Waals surface area contributed by atoms with Gasteiger partial charge in [0, 0.05) is 55.2 Å². The lowest BCUT2D eigenvalue weighted by Crippen LogP contribution is -2.32. The molecule has 6 heteroatoms. The molecule has 1 aromatic carbocycles. The maximum absolute atomic E-state index is 5.81. The van der Waals surface area contributed by atoms with E-state index < -0.39 is 0 Å². The highest BCUT2D eigenvalue weighted by atomic mass is 35.5. The predicted molar refractivity (Wildman–Crippen MR) is 94.7 cm³/mol. The van der Waals surface area contributed by atoms with Crippen LogP contribution in [0.25, 0.3) is 10.9 Å². The second-order valence-corrected chi connectivity index (χ2v) is 5.64. The van der Waals surface area contributed by atoms with Crippen LogP contribution in [0.5, 0.6) is 5.75 Å². The summed E-state index contributed by atoms with van der Waals surface area (Å²) >= 11 is 11.6. The molecule has 0 spiro atoms. The SMILES string of the molecule is COc1ccc2nccc(NCCN(CCCl)CCCl)c2c1. The minimum atomic E-state index is 0.617. The summed E-state index contributed by atoms with van der Waals surface area (Å²) < 4.78 is 5.29. The third-order valence-corrected chi connectivity index (χ3v) is 3.83. The number of aromatic nitrogens is 1. The number of ether oxygens (including phenoxy) is 1. The van der Waals surface area contributed by atoms with Gasteiger partial charge in [0.1, 0.15) is 5.75 Å². The third kappa shape index (κ3) is 4.63. The molecule has 1 heterocycles. The maximum atomic E-state index is 5.81. The van der Waals surface area contributed by atoms with Crippen LogP contribution in [0.1, 0.15) is 0 Å². The van der Waals surface area contributed by atoms with Gasteiger partial charge in [-0.1, -0.05) is 0 Å². The molecular formula is C16H21Cl2N3O. The van der Waals surface area contributed by atoms with E-state index in [0.717, 1.165) is 48.5 Å². The number of nitrogens with one attached hydrogen (secondary N) is 1. The minimum Gasteiger partial charge on any atom is -0.497 e. The normalized spacial score (nSPS) is 11.1. The number of fused-ring (bicyclic) bond motifs is 1. The van der Waals surface area contributed by atoms with E-state index in [4.69, 9.17) is 27.9 Å². The van der Waals surface area contributed by atoms with Crippen molar-refractivity contribution < 1.29 is 4.74 Å². The fraction of sp³-hybridized carbons (Fsp3) is 0.438. The highest BCUT2D eigenvalue weighted by Gasteiger charge is 2.06. The van der Waals surface area contributed by atoms with Crippen LogP contribution in [0.4, 0.5) is 5.69 Å². The monoisotopic (exact) mass is 341 g/mol. The van der Waals surface area contributed by atoms with Crippen LogP contribution < -0.4 is 10.1 Å². The van der Waals surface area contributed by atoms with Crippen LogP contribution in [0.15, 0.2) is 30.5 Å². The van der Waals surface area contributed by atoms with Gasteiger partial charge in [0.2, 0.25) is 0 Å². The van der Waals surface area contributed by atoms with Crippen LogP contribution in [0.3, 0.4) is 0 Å². The summed E-state index contributed by atoms with van der Waals surface area (Å²) in [6.07, 6.45) is 1.81. The van der Waals surface area contributed by atoms with E-state index in [1.807, 2.05) is 30.5 Å². The molecule has 0 aliphatic carbocycles. The molecule has 2 aromatic rings. The van der Waals surface area contributed by atoms with Crippen LogP contribution in [-0.2, 0) is 0 Å². The molecule has 22 heavy (non-hydrogen) atoms. The molecule has 0 unspecified atom stereocenters. The van der Waals surface area contributed by atoms with Gasteiger partial charge in [-0.2, -0.15) is 0 Å². The first-order valence-corrected chi connectivity index (χ1v) is 8.36. The summed E-state index contributed by atoms with van der Waals surface area (Å²) in [5.74, 6) is 2.06. The largest absolute Gasteiger partial charge is 0.497 e. The Morgan fingerprint density at radius 1 is 1.14 bits per heavy atom. The highest BCUT2D eigenvalue weighted by Crippen LogP contribution is 2.25. The lowest BCUT2D eigenvalue weighted by molar-refractivity contribution is 0.319. The van der Waals surface area contributed by atoms with Crippen LogP contribution in [-0.4, -0.2) is 54.9 Å². The smallest absolute Gasteiger partial charge is 0.119 e. The van der Waals surface area contributed by atoms with E-state index in [1.54, 1.807) is 7.11 Å². The Balaban J connectivity index is 2.04. The van der Waals surface area contributed by atoms with E-state index in [2.05, 4.69) is 15.2 Å². The Hall–Kier alpha value is -1.23. The first kappa shape index (κ1) is 17.1. The number of methoxy groups -OCH3 is 1. The number of alkyl halides is 2. The zero-order chi connectivity index (χ0) is 15.8. The molecule has 2 rings (SSSR count). The van der Waals surface area contributed by atoms with E-state index in [9.17, 15) is 0 Å². The Morgan fingerprint density at radius 2 is 1.91 bits per heavy atom. The number of rotatable bonds is 9. The molecule has 0 aliphatic heterocycles. The quantitative estimate of drug-likeness (QED) is 0.709. The van der Waals surface area contributed by atoms with Crippen molar-refractivity contribution in [2.45, 2.75) is 0 Å². The number of halogens is 2. The van der Waals surface area contributed by atoms with Gasteiger partial charge in [-0.05, 0) is 24.3 Å². The van der Waals surface area contributed by atoms with E-state index >= 15 is 0 Å². The first-order chi connectivity index (χ1) is 10.8. The van der Waals surface area contributed by atoms with Crippen molar-refractivity contribution >= 4 is 39.8 Å².